The number of rotatable bonds is 4. The predicted octanol–water partition coefficient (Wildman–Crippen LogP) is 0.698. The number of hydrogen-bond donors (Lipinski definition) is 1. The Balaban J connectivity index is 1.57. The molecule has 8 nitrogen and oxygen atoms in total. The Morgan fingerprint density at radius 2 is 1.92 bits per heavy atom. The standard InChI is InChI=1S/C16H19N5O3/c1-12-2-4-13(5-3-12)15(23)18-16-17-11-21(19-16)10-14(22)20-6-8-24-9-7-20/h2-5,11H,6-10H2,1H3,(H,18,19,23). The second-order valence-corrected chi connectivity index (χ2v) is 5.58. The van der Waals surface area contributed by atoms with Crippen LogP contribution in [0.25, 0.3) is 0 Å². The first kappa shape index (κ1) is 16.1. The van der Waals surface area contributed by atoms with Gasteiger partial charge in [0.1, 0.15) is 12.9 Å². The zero-order valence-electron chi connectivity index (χ0n) is 13.4. The smallest absolute Gasteiger partial charge is 0.258 e. The van der Waals surface area contributed by atoms with Crippen molar-refractivity contribution in [2.24, 2.45) is 0 Å². The number of ether oxygens (including phenoxy) is 1. The normalized spacial score (nSPS) is 14.5. The third kappa shape index (κ3) is 3.96. The van der Waals surface area contributed by atoms with Gasteiger partial charge in [-0.25, -0.2) is 9.67 Å². The average molecular weight is 329 g/mol. The van der Waals surface area contributed by atoms with Gasteiger partial charge in [-0.2, -0.15) is 0 Å². The summed E-state index contributed by atoms with van der Waals surface area (Å²) in [5.74, 6) is -0.151. The molecular weight excluding hydrogens is 310 g/mol. The molecule has 8 heteroatoms. The fraction of sp³-hybridized carbons (Fsp3) is 0.375. The summed E-state index contributed by atoms with van der Waals surface area (Å²) in [4.78, 5) is 30.0. The molecule has 2 amide bonds. The highest BCUT2D eigenvalue weighted by molar-refractivity contribution is 6.03. The van der Waals surface area contributed by atoms with Gasteiger partial charge in [-0.3, -0.25) is 14.9 Å². The molecule has 2 aromatic rings. The maximum Gasteiger partial charge on any atom is 0.258 e. The summed E-state index contributed by atoms with van der Waals surface area (Å²) in [7, 11) is 0. The Kier molecular flexibility index (Phi) is 4.85. The van der Waals surface area contributed by atoms with Crippen LogP contribution in [0, 0.1) is 6.92 Å². The molecule has 0 bridgehead atoms. The minimum atomic E-state index is -0.285. The van der Waals surface area contributed by atoms with Gasteiger partial charge in [0, 0.05) is 18.7 Å². The van der Waals surface area contributed by atoms with E-state index >= 15 is 0 Å². The SMILES string of the molecule is Cc1ccc(C(=O)Nc2ncn(CC(=O)N3CCOCC3)n2)cc1. The van der Waals surface area contributed by atoms with Crippen LogP contribution in [0.4, 0.5) is 5.95 Å². The highest BCUT2D eigenvalue weighted by atomic mass is 16.5. The van der Waals surface area contributed by atoms with Gasteiger partial charge < -0.3 is 9.64 Å². The summed E-state index contributed by atoms with van der Waals surface area (Å²) >= 11 is 0. The van der Waals surface area contributed by atoms with E-state index in [0.717, 1.165) is 5.56 Å². The highest BCUT2D eigenvalue weighted by Crippen LogP contribution is 2.06. The molecule has 1 fully saturated rings. The number of amides is 2. The van der Waals surface area contributed by atoms with Crippen LogP contribution in [0.2, 0.25) is 0 Å². The fourth-order valence-electron chi connectivity index (χ4n) is 2.36. The van der Waals surface area contributed by atoms with E-state index < -0.39 is 0 Å². The molecule has 2 heterocycles. The lowest BCUT2D eigenvalue weighted by Gasteiger charge is -2.26. The Hall–Kier alpha value is -2.74. The van der Waals surface area contributed by atoms with Gasteiger partial charge in [0.05, 0.1) is 13.2 Å². The van der Waals surface area contributed by atoms with Gasteiger partial charge >= 0.3 is 0 Å². The highest BCUT2D eigenvalue weighted by Gasteiger charge is 2.18. The summed E-state index contributed by atoms with van der Waals surface area (Å²) in [6.45, 7) is 4.33. The number of carbonyl (C=O) groups is 2. The van der Waals surface area contributed by atoms with E-state index in [-0.39, 0.29) is 24.3 Å². The molecule has 1 aliphatic heterocycles. The van der Waals surface area contributed by atoms with E-state index in [1.165, 1.54) is 11.0 Å². The Morgan fingerprint density at radius 1 is 1.21 bits per heavy atom. The van der Waals surface area contributed by atoms with Crippen molar-refractivity contribution in [3.8, 4) is 0 Å². The summed E-state index contributed by atoms with van der Waals surface area (Å²) in [6, 6.07) is 7.21. The van der Waals surface area contributed by atoms with Gasteiger partial charge in [-0.15, -0.1) is 5.10 Å². The van der Waals surface area contributed by atoms with Crippen molar-refractivity contribution in [2.45, 2.75) is 13.5 Å². The molecule has 126 valence electrons. The molecule has 1 saturated heterocycles. The first-order chi connectivity index (χ1) is 11.6. The maximum absolute atomic E-state index is 12.1. The van der Waals surface area contributed by atoms with E-state index in [0.29, 0.717) is 31.9 Å². The van der Waals surface area contributed by atoms with Crippen LogP contribution >= 0.6 is 0 Å². The first-order valence-corrected chi connectivity index (χ1v) is 7.75. The number of nitrogens with one attached hydrogen (secondary N) is 1. The van der Waals surface area contributed by atoms with Gasteiger partial charge in [-0.1, -0.05) is 17.7 Å². The maximum atomic E-state index is 12.1. The summed E-state index contributed by atoms with van der Waals surface area (Å²) in [5.41, 5.74) is 1.61. The topological polar surface area (TPSA) is 89.4 Å². The third-order valence-electron chi connectivity index (χ3n) is 3.74. The van der Waals surface area contributed by atoms with Crippen molar-refractivity contribution in [3.63, 3.8) is 0 Å². The largest absolute Gasteiger partial charge is 0.378 e. The Labute approximate surface area is 139 Å². The molecule has 0 spiro atoms. The summed E-state index contributed by atoms with van der Waals surface area (Å²) in [6.07, 6.45) is 1.43. The Morgan fingerprint density at radius 3 is 2.62 bits per heavy atom. The van der Waals surface area contributed by atoms with Crippen LogP contribution in [0.5, 0.6) is 0 Å². The van der Waals surface area contributed by atoms with Crippen molar-refractivity contribution in [2.75, 3.05) is 31.6 Å². The Bertz CT molecular complexity index is 720. The number of anilines is 1. The monoisotopic (exact) mass is 329 g/mol. The van der Waals surface area contributed by atoms with E-state index in [1.54, 1.807) is 17.0 Å². The van der Waals surface area contributed by atoms with Crippen LogP contribution in [-0.4, -0.2) is 57.8 Å². The van der Waals surface area contributed by atoms with E-state index in [2.05, 4.69) is 15.4 Å². The number of benzene rings is 1. The van der Waals surface area contributed by atoms with Crippen molar-refractivity contribution in [1.82, 2.24) is 19.7 Å². The molecule has 0 unspecified atom stereocenters. The van der Waals surface area contributed by atoms with Gasteiger partial charge in [0.2, 0.25) is 11.9 Å². The zero-order valence-corrected chi connectivity index (χ0v) is 13.4. The lowest BCUT2D eigenvalue weighted by Crippen LogP contribution is -2.42. The number of nitrogens with zero attached hydrogens (tertiary/aromatic N) is 4. The second kappa shape index (κ2) is 7.22. The van der Waals surface area contributed by atoms with Crippen molar-refractivity contribution < 1.29 is 14.3 Å². The fourth-order valence-corrected chi connectivity index (χ4v) is 2.36. The van der Waals surface area contributed by atoms with Crippen LogP contribution < -0.4 is 5.32 Å². The average Bonchev–Trinajstić information content (AvgIpc) is 3.03. The molecule has 24 heavy (non-hydrogen) atoms. The minimum absolute atomic E-state index is 0.0420. The van der Waals surface area contributed by atoms with Gasteiger partial charge in [-0.05, 0) is 19.1 Å². The van der Waals surface area contributed by atoms with E-state index in [4.69, 9.17) is 4.74 Å². The van der Waals surface area contributed by atoms with Crippen LogP contribution in [-0.2, 0) is 16.1 Å². The predicted molar refractivity (Wildman–Crippen MR) is 86.6 cm³/mol. The molecule has 3 rings (SSSR count). The molecule has 0 atom stereocenters. The van der Waals surface area contributed by atoms with Gasteiger partial charge in [0.25, 0.3) is 5.91 Å². The number of carbonyl (C=O) groups excluding carboxylic acids is 2. The third-order valence-corrected chi connectivity index (χ3v) is 3.74. The molecular formula is C16H19N5O3. The van der Waals surface area contributed by atoms with E-state index in [1.807, 2.05) is 19.1 Å². The number of aromatic nitrogens is 3. The van der Waals surface area contributed by atoms with Crippen LogP contribution in [0.3, 0.4) is 0 Å². The number of aryl methyl sites for hydroxylation is 1. The molecule has 1 aromatic carbocycles. The lowest BCUT2D eigenvalue weighted by molar-refractivity contribution is -0.136. The summed E-state index contributed by atoms with van der Waals surface area (Å²) < 4.78 is 6.64. The van der Waals surface area contributed by atoms with Crippen LogP contribution in [0.15, 0.2) is 30.6 Å². The number of morpholine rings is 1. The molecule has 1 aromatic heterocycles. The molecule has 1 aliphatic rings. The molecule has 1 N–H and O–H groups in total. The molecule has 0 radical (unpaired) electrons. The summed E-state index contributed by atoms with van der Waals surface area (Å²) in [5, 5.41) is 6.75. The van der Waals surface area contributed by atoms with Crippen molar-refractivity contribution in [3.05, 3.63) is 41.7 Å². The molecule has 0 saturated carbocycles. The van der Waals surface area contributed by atoms with Crippen molar-refractivity contribution in [1.29, 1.82) is 0 Å². The van der Waals surface area contributed by atoms with E-state index in [9.17, 15) is 9.59 Å². The molecule has 0 aliphatic carbocycles. The van der Waals surface area contributed by atoms with Crippen molar-refractivity contribution >= 4 is 17.8 Å². The lowest BCUT2D eigenvalue weighted by atomic mass is 10.1. The zero-order chi connectivity index (χ0) is 16.9. The number of hydrogen-bond acceptors (Lipinski definition) is 5. The van der Waals surface area contributed by atoms with Crippen LogP contribution in [0.1, 0.15) is 15.9 Å². The minimum Gasteiger partial charge on any atom is -0.378 e. The quantitative estimate of drug-likeness (QED) is 0.892. The van der Waals surface area contributed by atoms with Gasteiger partial charge in [0.15, 0.2) is 0 Å². The first-order valence-electron chi connectivity index (χ1n) is 7.75. The second-order valence-electron chi connectivity index (χ2n) is 5.58.